The van der Waals surface area contributed by atoms with E-state index in [9.17, 15) is 9.50 Å². The van der Waals surface area contributed by atoms with Crippen LogP contribution in [-0.2, 0) is 0 Å². The molecule has 2 aromatic rings. The van der Waals surface area contributed by atoms with E-state index in [1.165, 1.54) is 18.2 Å². The van der Waals surface area contributed by atoms with Gasteiger partial charge in [-0.1, -0.05) is 11.6 Å². The van der Waals surface area contributed by atoms with Crippen molar-refractivity contribution in [2.45, 2.75) is 13.0 Å². The Labute approximate surface area is 104 Å². The van der Waals surface area contributed by atoms with Gasteiger partial charge in [0, 0.05) is 28.5 Å². The van der Waals surface area contributed by atoms with Crippen LogP contribution in [0.2, 0.25) is 5.02 Å². The molecular formula is C13H11ClFNO. The van der Waals surface area contributed by atoms with E-state index >= 15 is 0 Å². The van der Waals surface area contributed by atoms with Crippen molar-refractivity contribution in [2.75, 3.05) is 0 Å². The largest absolute Gasteiger partial charge is 0.384 e. The summed E-state index contributed by atoms with van der Waals surface area (Å²) in [5.41, 5.74) is 1.86. The average molecular weight is 252 g/mol. The topological polar surface area (TPSA) is 33.1 Å². The van der Waals surface area contributed by atoms with Crippen molar-refractivity contribution in [3.05, 3.63) is 64.2 Å². The Bertz CT molecular complexity index is 545. The summed E-state index contributed by atoms with van der Waals surface area (Å²) in [6.07, 6.45) is 2.23. The summed E-state index contributed by atoms with van der Waals surface area (Å²) in [5, 5.41) is 10.5. The fourth-order valence-corrected chi connectivity index (χ4v) is 1.88. The molecule has 0 bridgehead atoms. The molecule has 1 aromatic carbocycles. The monoisotopic (exact) mass is 251 g/mol. The lowest BCUT2D eigenvalue weighted by Gasteiger charge is -2.14. The van der Waals surface area contributed by atoms with Crippen LogP contribution in [0.15, 0.2) is 36.7 Å². The lowest BCUT2D eigenvalue weighted by atomic mass is 9.99. The van der Waals surface area contributed by atoms with E-state index < -0.39 is 11.9 Å². The number of aromatic nitrogens is 1. The number of aliphatic hydroxyl groups excluding tert-OH is 1. The second-order valence-electron chi connectivity index (χ2n) is 3.80. The van der Waals surface area contributed by atoms with E-state index in [-0.39, 0.29) is 0 Å². The van der Waals surface area contributed by atoms with Gasteiger partial charge in [0.15, 0.2) is 0 Å². The van der Waals surface area contributed by atoms with Gasteiger partial charge in [-0.15, -0.1) is 0 Å². The van der Waals surface area contributed by atoms with Crippen LogP contribution in [0.4, 0.5) is 4.39 Å². The summed E-state index contributed by atoms with van der Waals surface area (Å²) in [5.74, 6) is -0.426. The van der Waals surface area contributed by atoms with Gasteiger partial charge in [0.2, 0.25) is 0 Å². The van der Waals surface area contributed by atoms with Gasteiger partial charge in [-0.2, -0.15) is 0 Å². The molecule has 0 aliphatic rings. The van der Waals surface area contributed by atoms with Crippen LogP contribution >= 0.6 is 11.6 Å². The lowest BCUT2D eigenvalue weighted by Crippen LogP contribution is -2.03. The number of pyridine rings is 1. The van der Waals surface area contributed by atoms with Crippen LogP contribution in [0, 0.1) is 12.7 Å². The summed E-state index contributed by atoms with van der Waals surface area (Å²) < 4.78 is 13.1. The Hall–Kier alpha value is -1.45. The molecule has 1 atom stereocenters. The first kappa shape index (κ1) is 12.0. The summed E-state index contributed by atoms with van der Waals surface area (Å²) in [6, 6.07) is 5.71. The predicted octanol–water partition coefficient (Wildman–Crippen LogP) is 3.26. The molecule has 0 radical (unpaired) electrons. The van der Waals surface area contributed by atoms with Crippen LogP contribution in [0.1, 0.15) is 22.8 Å². The molecule has 1 aromatic heterocycles. The number of halogens is 2. The molecule has 0 saturated carbocycles. The maximum atomic E-state index is 13.1. The van der Waals surface area contributed by atoms with E-state index in [1.807, 2.05) is 6.92 Å². The molecule has 1 unspecified atom stereocenters. The van der Waals surface area contributed by atoms with Crippen LogP contribution in [0.5, 0.6) is 0 Å². The maximum Gasteiger partial charge on any atom is 0.123 e. The standard InChI is InChI=1S/C13H11ClFNO/c1-8-4-5-16-7-11(8)13(17)10-6-9(15)2-3-12(10)14/h2-7,13,17H,1H3. The molecule has 88 valence electrons. The van der Waals surface area contributed by atoms with Crippen LogP contribution in [0.3, 0.4) is 0 Å². The van der Waals surface area contributed by atoms with Crippen molar-refractivity contribution in [2.24, 2.45) is 0 Å². The molecule has 0 saturated heterocycles. The predicted molar refractivity (Wildman–Crippen MR) is 64.4 cm³/mol. The summed E-state index contributed by atoms with van der Waals surface area (Å²) >= 11 is 5.95. The molecule has 2 nitrogen and oxygen atoms in total. The zero-order valence-corrected chi connectivity index (χ0v) is 9.95. The van der Waals surface area contributed by atoms with Gasteiger partial charge in [0.1, 0.15) is 11.9 Å². The molecule has 1 heterocycles. The molecular weight excluding hydrogens is 241 g/mol. The highest BCUT2D eigenvalue weighted by Gasteiger charge is 2.16. The second-order valence-corrected chi connectivity index (χ2v) is 4.21. The number of aliphatic hydroxyl groups is 1. The van der Waals surface area contributed by atoms with Crippen molar-refractivity contribution in [1.82, 2.24) is 4.98 Å². The molecule has 0 aliphatic carbocycles. The lowest BCUT2D eigenvalue weighted by molar-refractivity contribution is 0.218. The highest BCUT2D eigenvalue weighted by Crippen LogP contribution is 2.29. The molecule has 2 rings (SSSR count). The van der Waals surface area contributed by atoms with E-state index in [2.05, 4.69) is 4.98 Å². The van der Waals surface area contributed by atoms with Crippen molar-refractivity contribution >= 4 is 11.6 Å². The smallest absolute Gasteiger partial charge is 0.123 e. The minimum atomic E-state index is -0.966. The van der Waals surface area contributed by atoms with Crippen LogP contribution < -0.4 is 0 Å². The maximum absolute atomic E-state index is 13.1. The molecule has 1 N–H and O–H groups in total. The number of nitrogens with zero attached hydrogens (tertiary/aromatic N) is 1. The number of hydrogen-bond donors (Lipinski definition) is 1. The molecule has 0 aliphatic heterocycles. The molecule has 0 fully saturated rings. The Morgan fingerprint density at radius 1 is 1.29 bits per heavy atom. The SMILES string of the molecule is Cc1ccncc1C(O)c1cc(F)ccc1Cl. The van der Waals surface area contributed by atoms with E-state index in [4.69, 9.17) is 11.6 Å². The first-order valence-electron chi connectivity index (χ1n) is 5.13. The molecule has 17 heavy (non-hydrogen) atoms. The molecule has 0 spiro atoms. The second kappa shape index (κ2) is 4.82. The first-order valence-corrected chi connectivity index (χ1v) is 5.51. The number of hydrogen-bond acceptors (Lipinski definition) is 2. The number of rotatable bonds is 2. The van der Waals surface area contributed by atoms with Gasteiger partial charge >= 0.3 is 0 Å². The summed E-state index contributed by atoms with van der Waals surface area (Å²) in [7, 11) is 0. The highest BCUT2D eigenvalue weighted by molar-refractivity contribution is 6.31. The molecule has 4 heteroatoms. The minimum absolute atomic E-state index is 0.335. The van der Waals surface area contributed by atoms with Crippen molar-refractivity contribution in [3.63, 3.8) is 0 Å². The Morgan fingerprint density at radius 2 is 2.06 bits per heavy atom. The quantitative estimate of drug-likeness (QED) is 0.889. The zero-order chi connectivity index (χ0) is 12.4. The Balaban J connectivity index is 2.47. The van der Waals surface area contributed by atoms with Crippen molar-refractivity contribution < 1.29 is 9.50 Å². The van der Waals surface area contributed by atoms with Gasteiger partial charge in [-0.3, -0.25) is 4.98 Å². The third kappa shape index (κ3) is 2.46. The van der Waals surface area contributed by atoms with Crippen molar-refractivity contribution in [1.29, 1.82) is 0 Å². The van der Waals surface area contributed by atoms with Gasteiger partial charge < -0.3 is 5.11 Å². The Kier molecular flexibility index (Phi) is 3.41. The highest BCUT2D eigenvalue weighted by atomic mass is 35.5. The van der Waals surface area contributed by atoms with Gasteiger partial charge in [0.25, 0.3) is 0 Å². The summed E-state index contributed by atoms with van der Waals surface area (Å²) in [4.78, 5) is 3.95. The minimum Gasteiger partial charge on any atom is -0.384 e. The normalized spacial score (nSPS) is 12.5. The zero-order valence-electron chi connectivity index (χ0n) is 9.19. The fourth-order valence-electron chi connectivity index (χ4n) is 1.65. The van der Waals surface area contributed by atoms with Gasteiger partial charge in [0.05, 0.1) is 0 Å². The van der Waals surface area contributed by atoms with Gasteiger partial charge in [-0.25, -0.2) is 4.39 Å². The van der Waals surface area contributed by atoms with Gasteiger partial charge in [-0.05, 0) is 36.8 Å². The van der Waals surface area contributed by atoms with E-state index in [0.29, 0.717) is 16.1 Å². The third-order valence-corrected chi connectivity index (χ3v) is 2.97. The summed E-state index contributed by atoms with van der Waals surface area (Å²) in [6.45, 7) is 1.85. The van der Waals surface area contributed by atoms with Crippen molar-refractivity contribution in [3.8, 4) is 0 Å². The third-order valence-electron chi connectivity index (χ3n) is 2.63. The average Bonchev–Trinajstić information content (AvgIpc) is 2.32. The van der Waals surface area contributed by atoms with Crippen LogP contribution in [-0.4, -0.2) is 10.1 Å². The number of benzene rings is 1. The fraction of sp³-hybridized carbons (Fsp3) is 0.154. The van der Waals surface area contributed by atoms with E-state index in [0.717, 1.165) is 5.56 Å². The molecule has 0 amide bonds. The van der Waals surface area contributed by atoms with E-state index in [1.54, 1.807) is 18.5 Å². The van der Waals surface area contributed by atoms with Crippen LogP contribution in [0.25, 0.3) is 0 Å². The first-order chi connectivity index (χ1) is 8.09. The Morgan fingerprint density at radius 3 is 2.76 bits per heavy atom. The number of aryl methyl sites for hydroxylation is 1.